The summed E-state index contributed by atoms with van der Waals surface area (Å²) in [6.07, 6.45) is 13.6. The topological polar surface area (TPSA) is 36.9 Å². The summed E-state index contributed by atoms with van der Waals surface area (Å²) in [5.41, 5.74) is -0.490. The van der Waals surface area contributed by atoms with E-state index in [1.807, 2.05) is 41.2 Å². The van der Waals surface area contributed by atoms with Gasteiger partial charge in [0.1, 0.15) is 10.8 Å². The molecule has 0 amide bonds. The van der Waals surface area contributed by atoms with Gasteiger partial charge in [-0.1, -0.05) is 88.1 Å². The maximum atomic E-state index is 6.33. The van der Waals surface area contributed by atoms with Gasteiger partial charge in [0.25, 0.3) is 0 Å². The molecular formula is C26H58O4S4Si2. The Hall–Kier alpha value is 1.67. The first kappa shape index (κ1) is 37.7. The molecule has 0 saturated carbocycles. The van der Waals surface area contributed by atoms with Gasteiger partial charge in [0, 0.05) is 37.9 Å². The summed E-state index contributed by atoms with van der Waals surface area (Å²) in [4.78, 5) is 0. The van der Waals surface area contributed by atoms with E-state index in [9.17, 15) is 0 Å². The lowest BCUT2D eigenvalue weighted by molar-refractivity contribution is -0.186. The van der Waals surface area contributed by atoms with E-state index in [-0.39, 0.29) is 10.8 Å². The summed E-state index contributed by atoms with van der Waals surface area (Å²) in [6, 6.07) is 0. The van der Waals surface area contributed by atoms with Crippen LogP contribution in [0.5, 0.6) is 0 Å². The van der Waals surface area contributed by atoms with Crippen molar-refractivity contribution in [3.63, 3.8) is 0 Å². The highest BCUT2D eigenvalue weighted by Crippen LogP contribution is 2.44. The molecule has 0 saturated heterocycles. The van der Waals surface area contributed by atoms with Crippen LogP contribution in [-0.4, -0.2) is 67.8 Å². The predicted molar refractivity (Wildman–Crippen MR) is 176 cm³/mol. The molecule has 0 bridgehead atoms. The largest absolute Gasteiger partial charge is 0.354 e. The Morgan fingerprint density at radius 3 is 1.06 bits per heavy atom. The Morgan fingerprint density at radius 2 is 0.806 bits per heavy atom. The van der Waals surface area contributed by atoms with Crippen LogP contribution in [0.15, 0.2) is 0 Å². The Morgan fingerprint density at radius 1 is 0.500 bits per heavy atom. The fraction of sp³-hybridized carbons (Fsp3) is 1.00. The van der Waals surface area contributed by atoms with Crippen LogP contribution in [0.3, 0.4) is 0 Å². The van der Waals surface area contributed by atoms with E-state index >= 15 is 0 Å². The molecule has 0 spiro atoms. The molecule has 0 radical (unpaired) electrons. The van der Waals surface area contributed by atoms with Gasteiger partial charge < -0.3 is 18.9 Å². The molecule has 0 N–H and O–H groups in total. The van der Waals surface area contributed by atoms with E-state index < -0.39 is 19.0 Å². The molecule has 10 heteroatoms. The maximum absolute atomic E-state index is 6.33. The maximum Gasteiger partial charge on any atom is 0.144 e. The van der Waals surface area contributed by atoms with Crippen LogP contribution in [0.25, 0.3) is 0 Å². The van der Waals surface area contributed by atoms with E-state index in [1.54, 1.807) is 0 Å². The van der Waals surface area contributed by atoms with Crippen LogP contribution in [0.1, 0.15) is 105 Å². The fourth-order valence-corrected chi connectivity index (χ4v) is 12.4. The van der Waals surface area contributed by atoms with Crippen LogP contribution in [-0.2, 0) is 18.9 Å². The third-order valence-corrected chi connectivity index (χ3v) is 16.5. The van der Waals surface area contributed by atoms with Crippen molar-refractivity contribution in [3.05, 3.63) is 0 Å². The van der Waals surface area contributed by atoms with Crippen molar-refractivity contribution < 1.29 is 18.9 Å². The lowest BCUT2D eigenvalue weighted by Crippen LogP contribution is -2.42. The average Bonchev–Trinajstić information content (AvgIpc) is 2.89. The zero-order valence-electron chi connectivity index (χ0n) is 24.4. The summed E-state index contributed by atoms with van der Waals surface area (Å²) in [7, 11) is 6.99. The predicted octanol–water partition coefficient (Wildman–Crippen LogP) is 8.23. The van der Waals surface area contributed by atoms with E-state index in [4.69, 9.17) is 18.9 Å². The van der Waals surface area contributed by atoms with Crippen molar-refractivity contribution in [1.82, 2.24) is 0 Å². The van der Waals surface area contributed by atoms with Crippen LogP contribution >= 0.6 is 41.2 Å². The van der Waals surface area contributed by atoms with Crippen LogP contribution in [0.2, 0.25) is 13.1 Å². The molecule has 0 fully saturated rings. The Balaban J connectivity index is 4.18. The first-order valence-corrected chi connectivity index (χ1v) is 24.1. The quantitative estimate of drug-likeness (QED) is 0.0359. The van der Waals surface area contributed by atoms with Crippen molar-refractivity contribution in [1.29, 1.82) is 0 Å². The van der Waals surface area contributed by atoms with Gasteiger partial charge in [-0.2, -0.15) is 0 Å². The molecule has 0 aromatic carbocycles. The summed E-state index contributed by atoms with van der Waals surface area (Å²) in [6.45, 7) is 16.9. The second-order valence-corrected chi connectivity index (χ2v) is 19.1. The zero-order chi connectivity index (χ0) is 26.8. The van der Waals surface area contributed by atoms with E-state index in [2.05, 4.69) is 40.8 Å². The molecular weight excluding hydrogens is 561 g/mol. The first-order chi connectivity index (χ1) is 17.6. The number of rotatable bonds is 29. The van der Waals surface area contributed by atoms with Gasteiger partial charge >= 0.3 is 0 Å². The smallest absolute Gasteiger partial charge is 0.144 e. The highest BCUT2D eigenvalue weighted by atomic mass is 33.7. The molecule has 0 atom stereocenters. The summed E-state index contributed by atoms with van der Waals surface area (Å²) >= 11 is 0. The van der Waals surface area contributed by atoms with Gasteiger partial charge in [-0.25, -0.2) is 0 Å². The SMILES string of the molecule is CCCCOC(CCCSSSSCCCC(OCCCC)(OCCCC)[SiH2]C)(OCCCC)[SiH2]C. The van der Waals surface area contributed by atoms with Gasteiger partial charge in [-0.3, -0.25) is 0 Å². The van der Waals surface area contributed by atoms with Gasteiger partial charge in [0.15, 0.2) is 0 Å². The number of unbranched alkanes of at least 4 members (excludes halogenated alkanes) is 4. The van der Waals surface area contributed by atoms with Crippen molar-refractivity contribution in [3.8, 4) is 0 Å². The minimum Gasteiger partial charge on any atom is -0.354 e. The Bertz CT molecular complexity index is 408. The van der Waals surface area contributed by atoms with Gasteiger partial charge in [-0.05, 0) is 71.0 Å². The third-order valence-electron chi connectivity index (χ3n) is 6.22. The number of hydrogen-bond acceptors (Lipinski definition) is 8. The lowest BCUT2D eigenvalue weighted by atomic mass is 10.3. The summed E-state index contributed by atoms with van der Waals surface area (Å²) in [5, 5.41) is 0. The standard InChI is InChI=1S/C26H58O4S4Si2/c1-7-11-19-27-25(35-5,28-20-12-8-2)17-15-23-31-33-34-32-24-16-18-26(36-6,29-21-13-9-3)30-22-14-10-4/h7-24,35-36H2,1-6H3. The summed E-state index contributed by atoms with van der Waals surface area (Å²) < 4.78 is 25.3. The third kappa shape index (κ3) is 19.7. The normalized spacial score (nSPS) is 13.2. The first-order valence-electron chi connectivity index (χ1n) is 14.7. The molecule has 36 heavy (non-hydrogen) atoms. The lowest BCUT2D eigenvalue weighted by Gasteiger charge is -2.33. The van der Waals surface area contributed by atoms with Crippen LogP contribution < -0.4 is 0 Å². The van der Waals surface area contributed by atoms with Gasteiger partial charge in [-0.15, -0.1) is 0 Å². The van der Waals surface area contributed by atoms with Crippen molar-refractivity contribution in [2.24, 2.45) is 0 Å². The second-order valence-electron chi connectivity index (χ2n) is 9.32. The van der Waals surface area contributed by atoms with Gasteiger partial charge in [0.05, 0.1) is 19.0 Å². The molecule has 0 rings (SSSR count). The summed E-state index contributed by atoms with van der Waals surface area (Å²) in [5.74, 6) is 2.31. The van der Waals surface area contributed by atoms with Gasteiger partial charge in [0.2, 0.25) is 0 Å². The van der Waals surface area contributed by atoms with Crippen LogP contribution in [0, 0.1) is 0 Å². The van der Waals surface area contributed by atoms with Crippen molar-refractivity contribution in [2.75, 3.05) is 37.9 Å². The fourth-order valence-electron chi connectivity index (χ4n) is 3.65. The van der Waals surface area contributed by atoms with Crippen LogP contribution in [0.4, 0.5) is 0 Å². The molecule has 0 aromatic heterocycles. The van der Waals surface area contributed by atoms with E-state index in [0.717, 1.165) is 89.3 Å². The number of hydrogen-bond donors (Lipinski definition) is 0. The molecule has 0 aliphatic rings. The van der Waals surface area contributed by atoms with E-state index in [1.165, 1.54) is 25.7 Å². The van der Waals surface area contributed by atoms with E-state index in [0.29, 0.717) is 0 Å². The average molecular weight is 619 g/mol. The second kappa shape index (κ2) is 26.9. The highest BCUT2D eigenvalue weighted by Gasteiger charge is 2.30. The van der Waals surface area contributed by atoms with Crippen molar-refractivity contribution >= 4 is 60.3 Å². The molecule has 0 aliphatic heterocycles. The molecule has 0 aromatic rings. The monoisotopic (exact) mass is 618 g/mol. The zero-order valence-corrected chi connectivity index (χ0v) is 30.5. The minimum absolute atomic E-state index is 0.245. The molecule has 0 aliphatic carbocycles. The minimum atomic E-state index is -0.404. The number of ether oxygens (including phenoxy) is 4. The van der Waals surface area contributed by atoms with Crippen molar-refractivity contribution in [2.45, 2.75) is 129 Å². The molecule has 0 heterocycles. The Kier molecular flexibility index (Phi) is 28.1. The Labute approximate surface area is 244 Å². The molecule has 4 nitrogen and oxygen atoms in total. The highest BCUT2D eigenvalue weighted by molar-refractivity contribution is 9.26. The molecule has 0 unspecified atom stereocenters. The molecule has 218 valence electrons.